The van der Waals surface area contributed by atoms with E-state index in [4.69, 9.17) is 0 Å². The van der Waals surface area contributed by atoms with Gasteiger partial charge in [0.1, 0.15) is 11.0 Å². The first kappa shape index (κ1) is 21.9. The minimum absolute atomic E-state index is 0.302. The SMILES string of the molecule is CC[C@@H](C(=O)Nc1nnc(-c2ccccc2)s1)N(c1cc(C)cc(C)c1)S(C)(=O)=O. The number of carbonyl (C=O) groups is 1. The largest absolute Gasteiger partial charge is 0.299 e. The molecule has 0 fully saturated rings. The summed E-state index contributed by atoms with van der Waals surface area (Å²) < 4.78 is 26.4. The van der Waals surface area contributed by atoms with Gasteiger partial charge in [-0.25, -0.2) is 8.42 Å². The second kappa shape index (κ2) is 8.93. The molecule has 1 aromatic heterocycles. The summed E-state index contributed by atoms with van der Waals surface area (Å²) in [6.45, 7) is 5.56. The number of nitrogens with zero attached hydrogens (tertiary/aromatic N) is 3. The minimum atomic E-state index is -3.70. The highest BCUT2D eigenvalue weighted by atomic mass is 32.2. The fourth-order valence-electron chi connectivity index (χ4n) is 3.30. The molecule has 0 bridgehead atoms. The van der Waals surface area contributed by atoms with Gasteiger partial charge < -0.3 is 0 Å². The fraction of sp³-hybridized carbons (Fsp3) is 0.286. The zero-order chi connectivity index (χ0) is 21.9. The molecular weight excluding hydrogens is 420 g/mol. The maximum Gasteiger partial charge on any atom is 0.250 e. The molecule has 0 aliphatic heterocycles. The standard InChI is InChI=1S/C21H24N4O3S2/c1-5-18(25(30(4,27)28)17-12-14(2)11-15(3)13-17)19(26)22-21-24-23-20(29-21)16-9-7-6-8-10-16/h6-13,18H,5H2,1-4H3,(H,22,24,26)/t18-/m0/s1. The third-order valence-corrected chi connectivity index (χ3v) is 6.53. The van der Waals surface area contributed by atoms with Crippen LogP contribution in [0.3, 0.4) is 0 Å². The van der Waals surface area contributed by atoms with Crippen molar-refractivity contribution in [1.29, 1.82) is 0 Å². The molecule has 0 radical (unpaired) electrons. The van der Waals surface area contributed by atoms with E-state index in [0.717, 1.165) is 22.9 Å². The summed E-state index contributed by atoms with van der Waals surface area (Å²) in [7, 11) is -3.70. The zero-order valence-corrected chi connectivity index (χ0v) is 18.9. The summed E-state index contributed by atoms with van der Waals surface area (Å²) in [4.78, 5) is 13.0. The van der Waals surface area contributed by atoms with Crippen LogP contribution in [0, 0.1) is 13.8 Å². The van der Waals surface area contributed by atoms with E-state index in [1.165, 1.54) is 15.6 Å². The van der Waals surface area contributed by atoms with Crippen molar-refractivity contribution in [2.75, 3.05) is 15.9 Å². The Labute approximate surface area is 180 Å². The third kappa shape index (κ3) is 5.03. The minimum Gasteiger partial charge on any atom is -0.299 e. The number of hydrogen-bond donors (Lipinski definition) is 1. The molecule has 0 saturated heterocycles. The maximum atomic E-state index is 13.0. The molecule has 2 aromatic carbocycles. The van der Waals surface area contributed by atoms with Crippen molar-refractivity contribution < 1.29 is 13.2 Å². The molecular formula is C21H24N4O3S2. The predicted molar refractivity (Wildman–Crippen MR) is 121 cm³/mol. The lowest BCUT2D eigenvalue weighted by atomic mass is 10.1. The second-order valence-corrected chi connectivity index (χ2v) is 9.93. The Morgan fingerprint density at radius 1 is 1.10 bits per heavy atom. The van der Waals surface area contributed by atoms with Crippen LogP contribution in [0.15, 0.2) is 48.5 Å². The summed E-state index contributed by atoms with van der Waals surface area (Å²) in [5.41, 5.74) is 3.21. The van der Waals surface area contributed by atoms with Crippen LogP contribution in [-0.4, -0.2) is 36.8 Å². The molecule has 0 aliphatic rings. The molecule has 7 nitrogen and oxygen atoms in total. The summed E-state index contributed by atoms with van der Waals surface area (Å²) >= 11 is 1.24. The van der Waals surface area contributed by atoms with Crippen LogP contribution >= 0.6 is 11.3 Å². The average Bonchev–Trinajstić information content (AvgIpc) is 3.13. The Bertz CT molecular complexity index is 1120. The quantitative estimate of drug-likeness (QED) is 0.594. The number of aromatic nitrogens is 2. The van der Waals surface area contributed by atoms with Gasteiger partial charge in [-0.2, -0.15) is 0 Å². The van der Waals surface area contributed by atoms with Gasteiger partial charge in [-0.1, -0.05) is 54.7 Å². The van der Waals surface area contributed by atoms with Gasteiger partial charge in [0.25, 0.3) is 0 Å². The lowest BCUT2D eigenvalue weighted by molar-refractivity contribution is -0.117. The summed E-state index contributed by atoms with van der Waals surface area (Å²) in [5.74, 6) is -0.446. The number of sulfonamides is 1. The first-order chi connectivity index (χ1) is 14.2. The topological polar surface area (TPSA) is 92.3 Å². The molecule has 3 rings (SSSR count). The summed E-state index contributed by atoms with van der Waals surface area (Å²) in [6.07, 6.45) is 1.41. The molecule has 9 heteroatoms. The van der Waals surface area contributed by atoms with Crippen LogP contribution in [-0.2, 0) is 14.8 Å². The highest BCUT2D eigenvalue weighted by molar-refractivity contribution is 7.92. The smallest absolute Gasteiger partial charge is 0.250 e. The van der Waals surface area contributed by atoms with E-state index in [2.05, 4.69) is 15.5 Å². The monoisotopic (exact) mass is 444 g/mol. The molecule has 3 aromatic rings. The lowest BCUT2D eigenvalue weighted by Gasteiger charge is -2.30. The number of carbonyl (C=O) groups excluding carboxylic acids is 1. The van der Waals surface area contributed by atoms with E-state index in [1.807, 2.05) is 50.2 Å². The van der Waals surface area contributed by atoms with Crippen LogP contribution in [0.4, 0.5) is 10.8 Å². The number of anilines is 2. The fourth-order valence-corrected chi connectivity index (χ4v) is 5.25. The molecule has 0 spiro atoms. The first-order valence-electron chi connectivity index (χ1n) is 9.46. The van der Waals surface area contributed by atoms with E-state index in [9.17, 15) is 13.2 Å². The van der Waals surface area contributed by atoms with Gasteiger partial charge in [0.05, 0.1) is 11.9 Å². The first-order valence-corrected chi connectivity index (χ1v) is 12.1. The Morgan fingerprint density at radius 2 is 1.73 bits per heavy atom. The summed E-state index contributed by atoms with van der Waals surface area (Å²) in [6, 6.07) is 14.1. The van der Waals surface area contributed by atoms with E-state index in [0.29, 0.717) is 22.2 Å². The van der Waals surface area contributed by atoms with Gasteiger partial charge in [-0.15, -0.1) is 10.2 Å². The Morgan fingerprint density at radius 3 is 2.30 bits per heavy atom. The van der Waals surface area contributed by atoms with Crippen molar-refractivity contribution in [2.24, 2.45) is 0 Å². The molecule has 1 heterocycles. The van der Waals surface area contributed by atoms with Crippen LogP contribution < -0.4 is 9.62 Å². The van der Waals surface area contributed by atoms with Crippen molar-refractivity contribution in [2.45, 2.75) is 33.2 Å². The van der Waals surface area contributed by atoms with Crippen LogP contribution in [0.5, 0.6) is 0 Å². The predicted octanol–water partition coefficient (Wildman–Crippen LogP) is 4.01. The molecule has 0 saturated carbocycles. The number of rotatable bonds is 7. The Balaban J connectivity index is 1.89. The van der Waals surface area contributed by atoms with E-state index in [1.54, 1.807) is 19.1 Å². The second-order valence-electron chi connectivity index (χ2n) is 7.10. The lowest BCUT2D eigenvalue weighted by Crippen LogP contribution is -2.47. The van der Waals surface area contributed by atoms with E-state index >= 15 is 0 Å². The molecule has 1 N–H and O–H groups in total. The van der Waals surface area contributed by atoms with Crippen molar-refractivity contribution in [3.05, 3.63) is 59.7 Å². The van der Waals surface area contributed by atoms with Crippen molar-refractivity contribution in [3.8, 4) is 10.6 Å². The number of nitrogens with one attached hydrogen (secondary N) is 1. The summed E-state index contributed by atoms with van der Waals surface area (Å²) in [5, 5.41) is 11.9. The third-order valence-electron chi connectivity index (χ3n) is 4.47. The number of benzene rings is 2. The number of aryl methyl sites for hydroxylation is 2. The molecule has 1 atom stereocenters. The number of amides is 1. The molecule has 30 heavy (non-hydrogen) atoms. The van der Waals surface area contributed by atoms with Gasteiger partial charge in [0.2, 0.25) is 21.1 Å². The number of hydrogen-bond acceptors (Lipinski definition) is 6. The maximum absolute atomic E-state index is 13.0. The average molecular weight is 445 g/mol. The Hall–Kier alpha value is -2.78. The molecule has 0 aliphatic carbocycles. The van der Waals surface area contributed by atoms with Crippen LogP contribution in [0.2, 0.25) is 0 Å². The molecule has 158 valence electrons. The highest BCUT2D eigenvalue weighted by Gasteiger charge is 2.32. The van der Waals surface area contributed by atoms with Gasteiger partial charge in [-0.05, 0) is 43.5 Å². The van der Waals surface area contributed by atoms with Crippen molar-refractivity contribution >= 4 is 38.1 Å². The zero-order valence-electron chi connectivity index (χ0n) is 17.3. The van der Waals surface area contributed by atoms with Gasteiger partial charge in [0, 0.05) is 5.56 Å². The van der Waals surface area contributed by atoms with Crippen molar-refractivity contribution in [3.63, 3.8) is 0 Å². The van der Waals surface area contributed by atoms with Gasteiger partial charge >= 0.3 is 0 Å². The van der Waals surface area contributed by atoms with Crippen LogP contribution in [0.1, 0.15) is 24.5 Å². The Kier molecular flexibility index (Phi) is 6.52. The normalized spacial score (nSPS) is 12.4. The van der Waals surface area contributed by atoms with E-state index in [-0.39, 0.29) is 0 Å². The molecule has 0 unspecified atom stereocenters. The van der Waals surface area contributed by atoms with Gasteiger partial charge in [0.15, 0.2) is 0 Å². The van der Waals surface area contributed by atoms with Crippen LogP contribution in [0.25, 0.3) is 10.6 Å². The highest BCUT2D eigenvalue weighted by Crippen LogP contribution is 2.28. The van der Waals surface area contributed by atoms with Crippen molar-refractivity contribution in [1.82, 2.24) is 10.2 Å². The van der Waals surface area contributed by atoms with Gasteiger partial charge in [-0.3, -0.25) is 14.4 Å². The molecule has 1 amide bonds. The van der Waals surface area contributed by atoms with E-state index < -0.39 is 22.0 Å².